The molecule has 0 saturated heterocycles. The van der Waals surface area contributed by atoms with Crippen molar-refractivity contribution in [1.29, 1.82) is 0 Å². The Bertz CT molecular complexity index is 686. The third-order valence-corrected chi connectivity index (χ3v) is 3.78. The zero-order chi connectivity index (χ0) is 15.6. The zero-order valence-electron chi connectivity index (χ0n) is 12.1. The molecule has 0 saturated carbocycles. The van der Waals surface area contributed by atoms with E-state index in [1.807, 2.05) is 12.1 Å². The standard InChI is InChI=1S/C16H16BrNO3/c1-9-15(11(3)19)10(2)18-16(9)14(20)8-21-13-6-4-12(17)5-7-13/h4-7,18H,8H2,1-3H3. The van der Waals surface area contributed by atoms with E-state index in [-0.39, 0.29) is 18.2 Å². The third kappa shape index (κ3) is 3.42. The second-order valence-corrected chi connectivity index (χ2v) is 5.76. The van der Waals surface area contributed by atoms with Crippen molar-refractivity contribution in [3.05, 3.63) is 51.3 Å². The van der Waals surface area contributed by atoms with E-state index in [0.29, 0.717) is 28.3 Å². The SMILES string of the molecule is CC(=O)c1c(C)[nH]c(C(=O)COc2ccc(Br)cc2)c1C. The van der Waals surface area contributed by atoms with Crippen LogP contribution < -0.4 is 4.74 Å². The topological polar surface area (TPSA) is 59.2 Å². The van der Waals surface area contributed by atoms with Crippen LogP contribution in [0.3, 0.4) is 0 Å². The Morgan fingerprint density at radius 1 is 1.19 bits per heavy atom. The molecule has 0 unspecified atom stereocenters. The first-order valence-electron chi connectivity index (χ1n) is 6.51. The predicted octanol–water partition coefficient (Wildman–Crippen LogP) is 3.86. The van der Waals surface area contributed by atoms with Gasteiger partial charge in [-0.3, -0.25) is 9.59 Å². The maximum Gasteiger partial charge on any atom is 0.216 e. The summed E-state index contributed by atoms with van der Waals surface area (Å²) in [6, 6.07) is 7.26. The van der Waals surface area contributed by atoms with Gasteiger partial charge in [0.2, 0.25) is 5.78 Å². The summed E-state index contributed by atoms with van der Waals surface area (Å²) < 4.78 is 6.41. The lowest BCUT2D eigenvalue weighted by Gasteiger charge is -2.05. The van der Waals surface area contributed by atoms with Crippen molar-refractivity contribution in [1.82, 2.24) is 4.98 Å². The lowest BCUT2D eigenvalue weighted by Crippen LogP contribution is -2.13. The minimum Gasteiger partial charge on any atom is -0.485 e. The molecular formula is C16H16BrNO3. The summed E-state index contributed by atoms with van der Waals surface area (Å²) in [6.45, 7) is 4.98. The fourth-order valence-corrected chi connectivity index (χ4v) is 2.57. The molecule has 2 aromatic rings. The minimum atomic E-state index is -0.175. The Morgan fingerprint density at radius 3 is 2.33 bits per heavy atom. The first-order valence-corrected chi connectivity index (χ1v) is 7.31. The van der Waals surface area contributed by atoms with Crippen LogP contribution in [0.2, 0.25) is 0 Å². The van der Waals surface area contributed by atoms with Gasteiger partial charge in [0.05, 0.1) is 5.69 Å². The first-order chi connectivity index (χ1) is 9.90. The molecule has 21 heavy (non-hydrogen) atoms. The number of hydrogen-bond acceptors (Lipinski definition) is 3. The number of ketones is 2. The molecule has 0 aliphatic carbocycles. The molecule has 0 aliphatic heterocycles. The van der Waals surface area contributed by atoms with Gasteiger partial charge in [0.25, 0.3) is 0 Å². The van der Waals surface area contributed by atoms with Crippen LogP contribution in [0.25, 0.3) is 0 Å². The number of hydrogen-bond donors (Lipinski definition) is 1. The van der Waals surface area contributed by atoms with Gasteiger partial charge in [0, 0.05) is 15.7 Å². The van der Waals surface area contributed by atoms with Crippen LogP contribution >= 0.6 is 15.9 Å². The number of carbonyl (C=O) groups is 2. The summed E-state index contributed by atoms with van der Waals surface area (Å²) >= 11 is 3.34. The molecule has 1 heterocycles. The molecule has 5 heteroatoms. The molecule has 110 valence electrons. The van der Waals surface area contributed by atoms with Crippen LogP contribution in [0.4, 0.5) is 0 Å². The molecule has 0 bridgehead atoms. The quantitative estimate of drug-likeness (QED) is 0.833. The van der Waals surface area contributed by atoms with E-state index >= 15 is 0 Å². The summed E-state index contributed by atoms with van der Waals surface area (Å²) in [5.74, 6) is 0.402. The molecule has 2 rings (SSSR count). The first kappa shape index (κ1) is 15.5. The molecular weight excluding hydrogens is 334 g/mol. The normalized spacial score (nSPS) is 10.5. The van der Waals surface area contributed by atoms with E-state index in [1.54, 1.807) is 26.0 Å². The minimum absolute atomic E-state index is 0.0471. The summed E-state index contributed by atoms with van der Waals surface area (Å²) in [7, 11) is 0. The molecule has 0 aliphatic rings. The largest absolute Gasteiger partial charge is 0.485 e. The summed E-state index contributed by atoms with van der Waals surface area (Å²) in [5.41, 5.74) is 2.42. The molecule has 4 nitrogen and oxygen atoms in total. The van der Waals surface area contributed by atoms with Crippen molar-refractivity contribution in [3.63, 3.8) is 0 Å². The molecule has 0 radical (unpaired) electrons. The van der Waals surface area contributed by atoms with Crippen LogP contribution in [0.1, 0.15) is 39.0 Å². The number of halogens is 1. The number of H-pyrrole nitrogens is 1. The molecule has 0 spiro atoms. The lowest BCUT2D eigenvalue weighted by atomic mass is 10.1. The molecule has 0 amide bonds. The van der Waals surface area contributed by atoms with Crippen molar-refractivity contribution in [2.75, 3.05) is 6.61 Å². The Morgan fingerprint density at radius 2 is 1.81 bits per heavy atom. The molecule has 1 aromatic carbocycles. The summed E-state index contributed by atoms with van der Waals surface area (Å²) in [5, 5.41) is 0. The number of aromatic nitrogens is 1. The highest BCUT2D eigenvalue weighted by Gasteiger charge is 2.19. The molecule has 0 atom stereocenters. The number of aryl methyl sites for hydroxylation is 1. The van der Waals surface area contributed by atoms with Gasteiger partial charge < -0.3 is 9.72 Å². The van der Waals surface area contributed by atoms with Gasteiger partial charge in [-0.05, 0) is 50.6 Å². The average molecular weight is 350 g/mol. The fourth-order valence-electron chi connectivity index (χ4n) is 2.31. The van der Waals surface area contributed by atoms with Crippen molar-refractivity contribution >= 4 is 27.5 Å². The second-order valence-electron chi connectivity index (χ2n) is 4.85. The second kappa shape index (κ2) is 6.26. The van der Waals surface area contributed by atoms with Gasteiger partial charge in [0.15, 0.2) is 12.4 Å². The maximum atomic E-state index is 12.2. The number of benzene rings is 1. The van der Waals surface area contributed by atoms with Crippen molar-refractivity contribution < 1.29 is 14.3 Å². The van der Waals surface area contributed by atoms with Crippen LogP contribution in [0.15, 0.2) is 28.7 Å². The van der Waals surface area contributed by atoms with Gasteiger partial charge in [-0.25, -0.2) is 0 Å². The van der Waals surface area contributed by atoms with Crippen LogP contribution in [-0.4, -0.2) is 23.2 Å². The monoisotopic (exact) mass is 349 g/mol. The Labute approximate surface area is 131 Å². The molecule has 0 fully saturated rings. The fraction of sp³-hybridized carbons (Fsp3) is 0.250. The van der Waals surface area contributed by atoms with E-state index in [0.717, 1.165) is 4.47 Å². The van der Waals surface area contributed by atoms with Gasteiger partial charge in [0.1, 0.15) is 5.75 Å². The van der Waals surface area contributed by atoms with E-state index < -0.39 is 0 Å². The summed E-state index contributed by atoms with van der Waals surface area (Å²) in [4.78, 5) is 26.8. The van der Waals surface area contributed by atoms with Crippen molar-refractivity contribution in [2.45, 2.75) is 20.8 Å². The zero-order valence-corrected chi connectivity index (χ0v) is 13.7. The maximum absolute atomic E-state index is 12.2. The van der Waals surface area contributed by atoms with Gasteiger partial charge in [-0.2, -0.15) is 0 Å². The van der Waals surface area contributed by atoms with Gasteiger partial charge >= 0.3 is 0 Å². The Balaban J connectivity index is 2.12. The van der Waals surface area contributed by atoms with Crippen molar-refractivity contribution in [2.24, 2.45) is 0 Å². The van der Waals surface area contributed by atoms with E-state index in [4.69, 9.17) is 4.74 Å². The third-order valence-electron chi connectivity index (χ3n) is 3.25. The van der Waals surface area contributed by atoms with Gasteiger partial charge in [-0.1, -0.05) is 15.9 Å². The van der Waals surface area contributed by atoms with E-state index in [9.17, 15) is 9.59 Å². The van der Waals surface area contributed by atoms with Crippen LogP contribution in [-0.2, 0) is 0 Å². The van der Waals surface area contributed by atoms with E-state index in [2.05, 4.69) is 20.9 Å². The number of carbonyl (C=O) groups excluding carboxylic acids is 2. The van der Waals surface area contributed by atoms with Crippen LogP contribution in [0.5, 0.6) is 5.75 Å². The molecule has 1 N–H and O–H groups in total. The summed E-state index contributed by atoms with van der Waals surface area (Å²) in [6.07, 6.45) is 0. The number of ether oxygens (including phenoxy) is 1. The number of rotatable bonds is 5. The van der Waals surface area contributed by atoms with Crippen molar-refractivity contribution in [3.8, 4) is 5.75 Å². The smallest absolute Gasteiger partial charge is 0.216 e. The highest BCUT2D eigenvalue weighted by atomic mass is 79.9. The molecule has 1 aromatic heterocycles. The highest BCUT2D eigenvalue weighted by molar-refractivity contribution is 9.10. The highest BCUT2D eigenvalue weighted by Crippen LogP contribution is 2.20. The number of aromatic amines is 1. The number of Topliss-reactive ketones (excluding diaryl/α,β-unsaturated/α-hetero) is 2. The average Bonchev–Trinajstić information content (AvgIpc) is 2.73. The number of nitrogens with one attached hydrogen (secondary N) is 1. The Kier molecular flexibility index (Phi) is 4.63. The van der Waals surface area contributed by atoms with E-state index in [1.165, 1.54) is 6.92 Å². The predicted molar refractivity (Wildman–Crippen MR) is 84.2 cm³/mol. The lowest BCUT2D eigenvalue weighted by molar-refractivity contribution is 0.0916. The van der Waals surface area contributed by atoms with Crippen LogP contribution in [0, 0.1) is 13.8 Å². The van der Waals surface area contributed by atoms with Gasteiger partial charge in [-0.15, -0.1) is 0 Å². The Hall–Kier alpha value is -1.88.